The maximum Gasteiger partial charge on any atom is 0.295 e. The fourth-order valence-corrected chi connectivity index (χ4v) is 3.58. The predicted molar refractivity (Wildman–Crippen MR) is 111 cm³/mol. The second-order valence-electron chi connectivity index (χ2n) is 6.68. The number of nitrogens with zero attached hydrogens (tertiary/aromatic N) is 2. The Morgan fingerprint density at radius 2 is 2.03 bits per heavy atom. The Kier molecular flexibility index (Phi) is 6.54. The van der Waals surface area contributed by atoms with Crippen LogP contribution in [0.5, 0.6) is 5.75 Å². The first-order valence-corrected chi connectivity index (χ1v) is 9.99. The van der Waals surface area contributed by atoms with Crippen LogP contribution in [0.2, 0.25) is 5.02 Å². The monoisotopic (exact) mass is 414 g/mol. The van der Waals surface area contributed by atoms with Crippen LogP contribution in [0.15, 0.2) is 48.2 Å². The quantitative estimate of drug-likeness (QED) is 0.413. The lowest BCUT2D eigenvalue weighted by atomic mass is 9.98. The number of carbonyl (C=O) groups is 2. The van der Waals surface area contributed by atoms with Crippen molar-refractivity contribution < 1.29 is 19.4 Å². The van der Waals surface area contributed by atoms with Crippen molar-refractivity contribution in [2.24, 2.45) is 0 Å². The van der Waals surface area contributed by atoms with Crippen LogP contribution in [-0.4, -0.2) is 39.8 Å². The van der Waals surface area contributed by atoms with Gasteiger partial charge >= 0.3 is 0 Å². The van der Waals surface area contributed by atoms with Crippen LogP contribution in [0.25, 0.3) is 5.76 Å². The second kappa shape index (κ2) is 9.09. The second-order valence-corrected chi connectivity index (χ2v) is 7.08. The highest BCUT2D eigenvalue weighted by Gasteiger charge is 2.46. The molecule has 0 spiro atoms. The third kappa shape index (κ3) is 4.12. The summed E-state index contributed by atoms with van der Waals surface area (Å²) in [6.45, 7) is 4.68. The van der Waals surface area contributed by atoms with E-state index in [0.717, 1.165) is 12.8 Å². The van der Waals surface area contributed by atoms with Crippen LogP contribution in [-0.2, 0) is 9.59 Å². The van der Waals surface area contributed by atoms with Crippen molar-refractivity contribution in [1.29, 1.82) is 0 Å². The van der Waals surface area contributed by atoms with E-state index in [1.165, 1.54) is 4.90 Å². The van der Waals surface area contributed by atoms with Gasteiger partial charge in [0.05, 0.1) is 22.9 Å². The minimum atomic E-state index is -0.769. The number of pyridine rings is 1. The maximum atomic E-state index is 12.9. The number of hydrogen-bond donors (Lipinski definition) is 1. The van der Waals surface area contributed by atoms with Crippen molar-refractivity contribution in [3.63, 3.8) is 0 Å². The van der Waals surface area contributed by atoms with Crippen molar-refractivity contribution >= 4 is 29.1 Å². The number of hydrogen-bond acceptors (Lipinski definition) is 5. The van der Waals surface area contributed by atoms with Gasteiger partial charge in [-0.2, -0.15) is 0 Å². The Morgan fingerprint density at radius 1 is 1.24 bits per heavy atom. The fraction of sp³-hybridized carbons (Fsp3) is 0.318. The first-order chi connectivity index (χ1) is 14.0. The SMILES string of the molecule is CCCCN1C(=O)C(=O)/C(=C(/O)c2cc(OCC)ccc2Cl)C1c1ccccn1. The molecule has 1 aliphatic rings. The minimum Gasteiger partial charge on any atom is -0.507 e. The molecular weight excluding hydrogens is 392 g/mol. The lowest BCUT2D eigenvalue weighted by Gasteiger charge is -2.24. The molecule has 0 radical (unpaired) electrons. The molecule has 0 bridgehead atoms. The lowest BCUT2D eigenvalue weighted by Crippen LogP contribution is -2.31. The molecule has 1 N–H and O–H groups in total. The summed E-state index contributed by atoms with van der Waals surface area (Å²) in [5, 5.41) is 11.3. The van der Waals surface area contributed by atoms with E-state index in [2.05, 4.69) is 4.98 Å². The number of Topliss-reactive ketones (excluding diaryl/α,β-unsaturated/α-hetero) is 1. The van der Waals surface area contributed by atoms with E-state index in [1.807, 2.05) is 13.8 Å². The average molecular weight is 415 g/mol. The lowest BCUT2D eigenvalue weighted by molar-refractivity contribution is -0.140. The molecule has 3 rings (SSSR count). The van der Waals surface area contributed by atoms with Gasteiger partial charge in [0.2, 0.25) is 0 Å². The molecule has 6 nitrogen and oxygen atoms in total. The van der Waals surface area contributed by atoms with Crippen molar-refractivity contribution in [3.05, 3.63) is 64.4 Å². The predicted octanol–water partition coefficient (Wildman–Crippen LogP) is 4.36. The highest BCUT2D eigenvalue weighted by atomic mass is 35.5. The van der Waals surface area contributed by atoms with Gasteiger partial charge in [-0.25, -0.2) is 0 Å². The molecule has 1 aliphatic heterocycles. The molecule has 7 heteroatoms. The van der Waals surface area contributed by atoms with Crippen LogP contribution < -0.4 is 4.74 Å². The molecule has 152 valence electrons. The zero-order valence-electron chi connectivity index (χ0n) is 16.4. The van der Waals surface area contributed by atoms with Crippen LogP contribution >= 0.6 is 11.6 Å². The van der Waals surface area contributed by atoms with Crippen molar-refractivity contribution in [2.45, 2.75) is 32.7 Å². The van der Waals surface area contributed by atoms with E-state index in [9.17, 15) is 14.7 Å². The molecule has 2 heterocycles. The molecule has 1 aromatic heterocycles. The van der Waals surface area contributed by atoms with E-state index in [-0.39, 0.29) is 21.9 Å². The number of unbranched alkanes of at least 4 members (excludes halogenated alkanes) is 1. The van der Waals surface area contributed by atoms with Crippen LogP contribution in [0.3, 0.4) is 0 Å². The number of amides is 1. The number of aromatic nitrogens is 1. The molecule has 29 heavy (non-hydrogen) atoms. The first-order valence-electron chi connectivity index (χ1n) is 9.61. The van der Waals surface area contributed by atoms with Gasteiger partial charge in [0.25, 0.3) is 11.7 Å². The number of aliphatic hydroxyl groups is 1. The third-order valence-corrected chi connectivity index (χ3v) is 5.09. The Bertz CT molecular complexity index is 943. The topological polar surface area (TPSA) is 79.7 Å². The molecular formula is C22H23ClN2O4. The minimum absolute atomic E-state index is 0.0136. The number of halogens is 1. The number of carbonyl (C=O) groups excluding carboxylic acids is 2. The Balaban J connectivity index is 2.17. The summed E-state index contributed by atoms with van der Waals surface area (Å²) in [4.78, 5) is 31.4. The van der Waals surface area contributed by atoms with E-state index < -0.39 is 17.7 Å². The molecule has 1 saturated heterocycles. The Hall–Kier alpha value is -2.86. The zero-order chi connectivity index (χ0) is 21.0. The first kappa shape index (κ1) is 20.9. The number of aliphatic hydroxyl groups excluding tert-OH is 1. The molecule has 1 amide bonds. The van der Waals surface area contributed by atoms with Gasteiger partial charge in [-0.3, -0.25) is 14.6 Å². The summed E-state index contributed by atoms with van der Waals surface area (Å²) < 4.78 is 5.48. The largest absolute Gasteiger partial charge is 0.507 e. The molecule has 1 atom stereocenters. The third-order valence-electron chi connectivity index (χ3n) is 4.76. The molecule has 0 saturated carbocycles. The van der Waals surface area contributed by atoms with Gasteiger partial charge in [0.15, 0.2) is 0 Å². The molecule has 2 aromatic rings. The number of benzene rings is 1. The zero-order valence-corrected chi connectivity index (χ0v) is 17.1. The Labute approximate surface area is 174 Å². The van der Waals surface area contributed by atoms with Gasteiger partial charge in [-0.05, 0) is 43.7 Å². The van der Waals surface area contributed by atoms with Gasteiger partial charge in [0, 0.05) is 18.3 Å². The summed E-state index contributed by atoms with van der Waals surface area (Å²) in [5.74, 6) is -1.21. The summed E-state index contributed by atoms with van der Waals surface area (Å²) >= 11 is 6.29. The normalized spacial score (nSPS) is 18.3. The summed E-state index contributed by atoms with van der Waals surface area (Å²) in [5.41, 5.74) is 0.744. The number of ketones is 1. The van der Waals surface area contributed by atoms with Gasteiger partial charge in [-0.1, -0.05) is 31.0 Å². The van der Waals surface area contributed by atoms with E-state index >= 15 is 0 Å². The summed E-state index contributed by atoms with van der Waals surface area (Å²) in [6, 6.07) is 9.34. The van der Waals surface area contributed by atoms with Gasteiger partial charge in [-0.15, -0.1) is 0 Å². The van der Waals surface area contributed by atoms with E-state index in [1.54, 1.807) is 42.6 Å². The van der Waals surface area contributed by atoms with E-state index in [4.69, 9.17) is 16.3 Å². The van der Waals surface area contributed by atoms with E-state index in [0.29, 0.717) is 24.6 Å². The van der Waals surface area contributed by atoms with Crippen LogP contribution in [0, 0.1) is 0 Å². The standard InChI is InChI=1S/C22H23ClN2O4/c1-3-5-12-25-19(17-8-6-7-11-24-17)18(21(27)22(25)28)20(26)15-13-14(29-4-2)9-10-16(15)23/h6-11,13,19,26H,3-5,12H2,1-2H3/b20-18+. The molecule has 1 fully saturated rings. The highest BCUT2D eigenvalue weighted by molar-refractivity contribution is 6.47. The Morgan fingerprint density at radius 3 is 2.69 bits per heavy atom. The smallest absolute Gasteiger partial charge is 0.295 e. The number of rotatable bonds is 7. The van der Waals surface area contributed by atoms with Gasteiger partial charge in [0.1, 0.15) is 17.6 Å². The average Bonchev–Trinajstić information content (AvgIpc) is 2.98. The highest BCUT2D eigenvalue weighted by Crippen LogP contribution is 2.40. The number of likely N-dealkylation sites (tertiary alicyclic amines) is 1. The fourth-order valence-electron chi connectivity index (χ4n) is 3.37. The van der Waals surface area contributed by atoms with Crippen molar-refractivity contribution in [3.8, 4) is 5.75 Å². The maximum absolute atomic E-state index is 12.9. The van der Waals surface area contributed by atoms with Crippen molar-refractivity contribution in [1.82, 2.24) is 9.88 Å². The molecule has 1 aromatic carbocycles. The summed E-state index contributed by atoms with van der Waals surface area (Å²) in [6.07, 6.45) is 3.19. The van der Waals surface area contributed by atoms with Crippen LogP contribution in [0.4, 0.5) is 0 Å². The molecule has 0 aliphatic carbocycles. The summed E-state index contributed by atoms with van der Waals surface area (Å²) in [7, 11) is 0. The number of ether oxygens (including phenoxy) is 1. The van der Waals surface area contributed by atoms with Crippen molar-refractivity contribution in [2.75, 3.05) is 13.2 Å². The van der Waals surface area contributed by atoms with Crippen LogP contribution in [0.1, 0.15) is 44.0 Å². The molecule has 1 unspecified atom stereocenters. The van der Waals surface area contributed by atoms with Gasteiger partial charge < -0.3 is 14.7 Å².